The highest BCUT2D eigenvalue weighted by Gasteiger charge is 2.24. The molecule has 2 atom stereocenters. The summed E-state index contributed by atoms with van der Waals surface area (Å²) in [6.07, 6.45) is 0.911. The SMILES string of the molecule is CCC(N)C(c1ccc(Br)s1)N(C)Cc1ccc(F)cc1. The van der Waals surface area contributed by atoms with Gasteiger partial charge in [-0.2, -0.15) is 0 Å². The number of thiophene rings is 1. The first kappa shape index (κ1) is 16.6. The van der Waals surface area contributed by atoms with Gasteiger partial charge in [-0.25, -0.2) is 4.39 Å². The molecule has 2 N–H and O–H groups in total. The number of benzene rings is 1. The summed E-state index contributed by atoms with van der Waals surface area (Å²) in [5.41, 5.74) is 7.41. The minimum absolute atomic E-state index is 0.0704. The second-order valence-corrected chi connectivity index (χ2v) is 7.69. The summed E-state index contributed by atoms with van der Waals surface area (Å²) < 4.78 is 14.1. The molecule has 0 radical (unpaired) electrons. The molecule has 0 fully saturated rings. The van der Waals surface area contributed by atoms with Gasteiger partial charge in [0.1, 0.15) is 5.82 Å². The Morgan fingerprint density at radius 1 is 1.24 bits per heavy atom. The first-order valence-electron chi connectivity index (χ1n) is 6.96. The van der Waals surface area contributed by atoms with Gasteiger partial charge in [0.25, 0.3) is 0 Å². The molecule has 0 aliphatic carbocycles. The van der Waals surface area contributed by atoms with Crippen LogP contribution in [0, 0.1) is 5.82 Å². The van der Waals surface area contributed by atoms with Crippen LogP contribution in [0.15, 0.2) is 40.2 Å². The van der Waals surface area contributed by atoms with Crippen molar-refractivity contribution in [3.63, 3.8) is 0 Å². The molecule has 0 bridgehead atoms. The molecule has 0 aliphatic heterocycles. The fourth-order valence-corrected chi connectivity index (χ4v) is 4.11. The molecule has 2 nitrogen and oxygen atoms in total. The maximum atomic E-state index is 13.0. The van der Waals surface area contributed by atoms with Crippen LogP contribution < -0.4 is 5.73 Å². The second-order valence-electron chi connectivity index (χ2n) is 5.20. The summed E-state index contributed by atoms with van der Waals surface area (Å²) in [5.74, 6) is -0.203. The van der Waals surface area contributed by atoms with E-state index in [0.29, 0.717) is 0 Å². The van der Waals surface area contributed by atoms with Crippen LogP contribution in [0.4, 0.5) is 4.39 Å². The second kappa shape index (κ2) is 7.49. The smallest absolute Gasteiger partial charge is 0.123 e. The largest absolute Gasteiger partial charge is 0.326 e. The van der Waals surface area contributed by atoms with E-state index < -0.39 is 0 Å². The Balaban J connectivity index is 2.18. The van der Waals surface area contributed by atoms with Gasteiger partial charge in [-0.3, -0.25) is 4.90 Å². The van der Waals surface area contributed by atoms with Crippen molar-refractivity contribution in [3.8, 4) is 0 Å². The molecular weight excluding hydrogens is 351 g/mol. The lowest BCUT2D eigenvalue weighted by molar-refractivity contribution is 0.205. The predicted molar refractivity (Wildman–Crippen MR) is 90.9 cm³/mol. The van der Waals surface area contributed by atoms with Crippen molar-refractivity contribution >= 4 is 27.3 Å². The third kappa shape index (κ3) is 4.36. The molecule has 2 unspecified atom stereocenters. The average molecular weight is 371 g/mol. The molecular formula is C16H20BrFN2S. The Labute approximate surface area is 137 Å². The van der Waals surface area contributed by atoms with Crippen LogP contribution >= 0.6 is 27.3 Å². The molecule has 1 aromatic heterocycles. The van der Waals surface area contributed by atoms with E-state index in [4.69, 9.17) is 5.73 Å². The van der Waals surface area contributed by atoms with Crippen LogP contribution in [0.3, 0.4) is 0 Å². The number of nitrogens with two attached hydrogens (primary N) is 1. The van der Waals surface area contributed by atoms with Gasteiger partial charge in [-0.15, -0.1) is 11.3 Å². The topological polar surface area (TPSA) is 29.3 Å². The van der Waals surface area contributed by atoms with E-state index in [1.165, 1.54) is 17.0 Å². The highest BCUT2D eigenvalue weighted by molar-refractivity contribution is 9.11. The fourth-order valence-electron chi connectivity index (χ4n) is 2.44. The van der Waals surface area contributed by atoms with Gasteiger partial charge < -0.3 is 5.73 Å². The summed E-state index contributed by atoms with van der Waals surface area (Å²) in [5, 5.41) is 0. The van der Waals surface area contributed by atoms with Crippen LogP contribution in [0.2, 0.25) is 0 Å². The monoisotopic (exact) mass is 370 g/mol. The Kier molecular flexibility index (Phi) is 5.93. The average Bonchev–Trinajstić information content (AvgIpc) is 2.87. The van der Waals surface area contributed by atoms with Gasteiger partial charge in [-0.1, -0.05) is 19.1 Å². The van der Waals surface area contributed by atoms with E-state index in [2.05, 4.69) is 46.9 Å². The minimum atomic E-state index is -0.203. The number of hydrogen-bond donors (Lipinski definition) is 1. The van der Waals surface area contributed by atoms with Crippen LogP contribution in [0.5, 0.6) is 0 Å². The van der Waals surface area contributed by atoms with E-state index >= 15 is 0 Å². The number of hydrogen-bond acceptors (Lipinski definition) is 3. The lowest BCUT2D eigenvalue weighted by atomic mass is 10.0. The zero-order valence-electron chi connectivity index (χ0n) is 12.2. The van der Waals surface area contributed by atoms with Gasteiger partial charge in [0.15, 0.2) is 0 Å². The maximum absolute atomic E-state index is 13.0. The van der Waals surface area contributed by atoms with Crippen LogP contribution in [0.1, 0.15) is 29.8 Å². The molecule has 2 aromatic rings. The molecule has 0 saturated heterocycles. The van der Waals surface area contributed by atoms with Crippen molar-refractivity contribution in [1.82, 2.24) is 4.90 Å². The third-order valence-corrected chi connectivity index (χ3v) is 5.28. The van der Waals surface area contributed by atoms with Crippen LogP contribution in [0.25, 0.3) is 0 Å². The zero-order chi connectivity index (χ0) is 15.4. The molecule has 0 amide bonds. The minimum Gasteiger partial charge on any atom is -0.326 e. The first-order chi connectivity index (χ1) is 10.0. The molecule has 0 saturated carbocycles. The lowest BCUT2D eigenvalue weighted by Gasteiger charge is -2.31. The number of nitrogens with zero attached hydrogens (tertiary/aromatic N) is 1. The van der Waals surface area contributed by atoms with E-state index in [0.717, 1.165) is 22.3 Å². The van der Waals surface area contributed by atoms with Gasteiger partial charge >= 0.3 is 0 Å². The summed E-state index contributed by atoms with van der Waals surface area (Å²) in [7, 11) is 2.07. The summed E-state index contributed by atoms with van der Waals surface area (Å²) in [6, 6.07) is 11.1. The molecule has 0 spiro atoms. The number of likely N-dealkylation sites (N-methyl/N-ethyl adjacent to an activating group) is 1. The Morgan fingerprint density at radius 3 is 2.43 bits per heavy atom. The zero-order valence-corrected chi connectivity index (χ0v) is 14.6. The summed E-state index contributed by atoms with van der Waals surface area (Å²) in [6.45, 7) is 2.85. The predicted octanol–water partition coefficient (Wildman–Crippen LogP) is 4.56. The normalized spacial score (nSPS) is 14.4. The Bertz CT molecular complexity index is 570. The van der Waals surface area contributed by atoms with E-state index in [1.807, 2.05) is 12.1 Å². The van der Waals surface area contributed by atoms with Gasteiger partial charge in [0, 0.05) is 17.5 Å². The molecule has 1 heterocycles. The highest BCUT2D eigenvalue weighted by atomic mass is 79.9. The van der Waals surface area contributed by atoms with Gasteiger partial charge in [-0.05, 0) is 59.2 Å². The Hall–Kier alpha value is -0.750. The van der Waals surface area contributed by atoms with Crippen molar-refractivity contribution in [2.75, 3.05) is 7.05 Å². The van der Waals surface area contributed by atoms with Crippen molar-refractivity contribution in [3.05, 3.63) is 56.4 Å². The van der Waals surface area contributed by atoms with Crippen molar-refractivity contribution in [2.45, 2.75) is 32.0 Å². The molecule has 21 heavy (non-hydrogen) atoms. The third-order valence-electron chi connectivity index (χ3n) is 3.58. The van der Waals surface area contributed by atoms with Crippen molar-refractivity contribution in [1.29, 1.82) is 0 Å². The number of rotatable bonds is 6. The van der Waals surface area contributed by atoms with Crippen molar-refractivity contribution in [2.24, 2.45) is 5.73 Å². The molecule has 5 heteroatoms. The van der Waals surface area contributed by atoms with Crippen LogP contribution in [-0.2, 0) is 6.54 Å². The maximum Gasteiger partial charge on any atom is 0.123 e. The van der Waals surface area contributed by atoms with Crippen molar-refractivity contribution < 1.29 is 4.39 Å². The summed E-state index contributed by atoms with van der Waals surface area (Å²) >= 11 is 5.23. The fraction of sp³-hybridized carbons (Fsp3) is 0.375. The van der Waals surface area contributed by atoms with E-state index in [1.54, 1.807) is 11.3 Å². The molecule has 1 aromatic carbocycles. The van der Waals surface area contributed by atoms with Crippen LogP contribution in [-0.4, -0.2) is 18.0 Å². The first-order valence-corrected chi connectivity index (χ1v) is 8.57. The van der Waals surface area contributed by atoms with Gasteiger partial charge in [0.05, 0.1) is 9.83 Å². The van der Waals surface area contributed by atoms with E-state index in [9.17, 15) is 4.39 Å². The number of halogens is 2. The summed E-state index contributed by atoms with van der Waals surface area (Å²) in [4.78, 5) is 3.49. The molecule has 114 valence electrons. The van der Waals surface area contributed by atoms with E-state index in [-0.39, 0.29) is 17.9 Å². The quantitative estimate of drug-likeness (QED) is 0.807. The Morgan fingerprint density at radius 2 is 1.90 bits per heavy atom. The lowest BCUT2D eigenvalue weighted by Crippen LogP contribution is -2.38. The molecule has 0 aliphatic rings. The van der Waals surface area contributed by atoms with Gasteiger partial charge in [0.2, 0.25) is 0 Å². The standard InChI is InChI=1S/C16H20BrFN2S/c1-3-13(19)16(14-8-9-15(17)21-14)20(2)10-11-4-6-12(18)7-5-11/h4-9,13,16H,3,10,19H2,1-2H3. The highest BCUT2D eigenvalue weighted by Crippen LogP contribution is 2.33. The molecule has 2 rings (SSSR count).